The van der Waals surface area contributed by atoms with Gasteiger partial charge in [0, 0.05) is 15.8 Å². The molecule has 0 aliphatic rings. The van der Waals surface area contributed by atoms with E-state index in [1.54, 1.807) is 0 Å². The van der Waals surface area contributed by atoms with Gasteiger partial charge in [0.2, 0.25) is 0 Å². The first-order chi connectivity index (χ1) is 7.04. The van der Waals surface area contributed by atoms with Crippen LogP contribution in [0, 0.1) is 3.57 Å². The summed E-state index contributed by atoms with van der Waals surface area (Å²) in [4.78, 5) is 4.43. The number of rotatable bonds is 4. The number of hydrogen-bond acceptors (Lipinski definition) is 2. The highest BCUT2D eigenvalue weighted by molar-refractivity contribution is 14.1. The number of nitrogens with zero attached hydrogens (tertiary/aromatic N) is 1. The first kappa shape index (κ1) is 12.7. The van der Waals surface area contributed by atoms with Gasteiger partial charge in [0.15, 0.2) is 0 Å². The lowest BCUT2D eigenvalue weighted by atomic mass is 10.0. The summed E-state index contributed by atoms with van der Waals surface area (Å²) in [6.07, 6.45) is 3.16. The van der Waals surface area contributed by atoms with Gasteiger partial charge >= 0.3 is 0 Å². The summed E-state index contributed by atoms with van der Waals surface area (Å²) in [7, 11) is 0. The zero-order chi connectivity index (χ0) is 11.4. The van der Waals surface area contributed by atoms with Gasteiger partial charge in [-0.2, -0.15) is 0 Å². The SMILES string of the molecule is CCC(C)c1cnc(NC(C)C)cc1I. The topological polar surface area (TPSA) is 24.9 Å². The lowest BCUT2D eigenvalue weighted by Gasteiger charge is -2.14. The third kappa shape index (κ3) is 3.63. The fourth-order valence-corrected chi connectivity index (χ4v) is 2.36. The minimum absolute atomic E-state index is 0.433. The maximum Gasteiger partial charge on any atom is 0.127 e. The van der Waals surface area contributed by atoms with Crippen LogP contribution < -0.4 is 5.32 Å². The van der Waals surface area contributed by atoms with Crippen molar-refractivity contribution < 1.29 is 0 Å². The van der Waals surface area contributed by atoms with Gasteiger partial charge in [-0.25, -0.2) is 4.98 Å². The second-order valence-electron chi connectivity index (χ2n) is 4.20. The number of hydrogen-bond donors (Lipinski definition) is 1. The molecule has 1 rings (SSSR count). The second-order valence-corrected chi connectivity index (χ2v) is 5.36. The Bertz CT molecular complexity index is 323. The number of aromatic nitrogens is 1. The zero-order valence-electron chi connectivity index (χ0n) is 9.84. The van der Waals surface area contributed by atoms with Gasteiger partial charge in [0.25, 0.3) is 0 Å². The van der Waals surface area contributed by atoms with Crippen molar-refractivity contribution in [3.8, 4) is 0 Å². The van der Waals surface area contributed by atoms with E-state index in [0.29, 0.717) is 12.0 Å². The molecule has 1 unspecified atom stereocenters. The lowest BCUT2D eigenvalue weighted by Crippen LogP contribution is -2.11. The van der Waals surface area contributed by atoms with Crippen molar-refractivity contribution in [2.45, 2.75) is 46.1 Å². The zero-order valence-corrected chi connectivity index (χ0v) is 12.0. The lowest BCUT2D eigenvalue weighted by molar-refractivity contribution is 0.725. The van der Waals surface area contributed by atoms with Gasteiger partial charge in [0.05, 0.1) is 0 Å². The van der Waals surface area contributed by atoms with Crippen LogP contribution in [-0.2, 0) is 0 Å². The van der Waals surface area contributed by atoms with E-state index < -0.39 is 0 Å². The van der Waals surface area contributed by atoms with Crippen LogP contribution >= 0.6 is 22.6 Å². The Labute approximate surface area is 106 Å². The molecular formula is C12H19IN2. The van der Waals surface area contributed by atoms with Gasteiger partial charge in [-0.05, 0) is 60.4 Å². The largest absolute Gasteiger partial charge is 0.368 e. The van der Waals surface area contributed by atoms with Crippen LogP contribution in [0.1, 0.15) is 45.6 Å². The molecule has 0 spiro atoms. The van der Waals surface area contributed by atoms with Crippen molar-refractivity contribution in [1.82, 2.24) is 4.98 Å². The molecule has 0 saturated heterocycles. The van der Waals surface area contributed by atoms with Crippen molar-refractivity contribution in [2.75, 3.05) is 5.32 Å². The molecule has 15 heavy (non-hydrogen) atoms. The molecule has 0 fully saturated rings. The van der Waals surface area contributed by atoms with Crippen LogP contribution in [0.15, 0.2) is 12.3 Å². The molecule has 1 heterocycles. The van der Waals surface area contributed by atoms with E-state index in [4.69, 9.17) is 0 Å². The van der Waals surface area contributed by atoms with Crippen LogP contribution in [0.3, 0.4) is 0 Å². The van der Waals surface area contributed by atoms with Gasteiger partial charge < -0.3 is 5.32 Å². The minimum Gasteiger partial charge on any atom is -0.368 e. The smallest absolute Gasteiger partial charge is 0.127 e. The number of anilines is 1. The predicted octanol–water partition coefficient (Wildman–Crippen LogP) is 4.02. The number of halogens is 1. The monoisotopic (exact) mass is 318 g/mol. The van der Waals surface area contributed by atoms with Crippen LogP contribution in [0.25, 0.3) is 0 Å². The summed E-state index contributed by atoms with van der Waals surface area (Å²) in [5, 5.41) is 3.31. The molecule has 1 atom stereocenters. The average molecular weight is 318 g/mol. The summed E-state index contributed by atoms with van der Waals surface area (Å²) in [6.45, 7) is 8.70. The highest BCUT2D eigenvalue weighted by Crippen LogP contribution is 2.25. The summed E-state index contributed by atoms with van der Waals surface area (Å²) >= 11 is 2.39. The Balaban J connectivity index is 2.88. The highest BCUT2D eigenvalue weighted by atomic mass is 127. The normalized spacial score (nSPS) is 12.9. The fraction of sp³-hybridized carbons (Fsp3) is 0.583. The Morgan fingerprint density at radius 2 is 2.07 bits per heavy atom. The fourth-order valence-electron chi connectivity index (χ4n) is 1.40. The van der Waals surface area contributed by atoms with Crippen molar-refractivity contribution in [1.29, 1.82) is 0 Å². The van der Waals surface area contributed by atoms with Gasteiger partial charge in [-0.3, -0.25) is 0 Å². The molecule has 0 aliphatic carbocycles. The molecule has 0 aromatic carbocycles. The molecule has 0 radical (unpaired) electrons. The first-order valence-corrected chi connectivity index (χ1v) is 6.54. The van der Waals surface area contributed by atoms with E-state index in [2.05, 4.69) is 66.7 Å². The molecule has 0 saturated carbocycles. The summed E-state index contributed by atoms with van der Waals surface area (Å²) in [5.74, 6) is 1.57. The molecular weight excluding hydrogens is 299 g/mol. The van der Waals surface area contributed by atoms with E-state index in [1.165, 1.54) is 9.13 Å². The van der Waals surface area contributed by atoms with Crippen molar-refractivity contribution in [3.05, 3.63) is 21.4 Å². The molecule has 84 valence electrons. The van der Waals surface area contributed by atoms with Gasteiger partial charge in [0.1, 0.15) is 5.82 Å². The van der Waals surface area contributed by atoms with E-state index in [-0.39, 0.29) is 0 Å². The van der Waals surface area contributed by atoms with Gasteiger partial charge in [-0.15, -0.1) is 0 Å². The Morgan fingerprint density at radius 3 is 2.53 bits per heavy atom. The maximum absolute atomic E-state index is 4.43. The van der Waals surface area contributed by atoms with E-state index in [1.807, 2.05) is 6.20 Å². The Hall–Kier alpha value is -0.320. The molecule has 1 N–H and O–H groups in total. The molecule has 0 aliphatic heterocycles. The van der Waals surface area contributed by atoms with Crippen molar-refractivity contribution in [2.24, 2.45) is 0 Å². The van der Waals surface area contributed by atoms with Gasteiger partial charge in [-0.1, -0.05) is 13.8 Å². The van der Waals surface area contributed by atoms with E-state index in [9.17, 15) is 0 Å². The minimum atomic E-state index is 0.433. The molecule has 3 heteroatoms. The quantitative estimate of drug-likeness (QED) is 0.848. The summed E-state index contributed by atoms with van der Waals surface area (Å²) in [5.41, 5.74) is 1.35. The first-order valence-electron chi connectivity index (χ1n) is 5.46. The van der Waals surface area contributed by atoms with Crippen LogP contribution in [0.4, 0.5) is 5.82 Å². The highest BCUT2D eigenvalue weighted by Gasteiger charge is 2.09. The summed E-state index contributed by atoms with van der Waals surface area (Å²) in [6, 6.07) is 2.56. The standard InChI is InChI=1S/C12H19IN2/c1-5-9(4)10-7-14-12(6-11(10)13)15-8(2)3/h6-9H,5H2,1-4H3,(H,14,15). The summed E-state index contributed by atoms with van der Waals surface area (Å²) < 4.78 is 1.31. The molecule has 0 amide bonds. The average Bonchev–Trinajstić information content (AvgIpc) is 2.16. The van der Waals surface area contributed by atoms with E-state index >= 15 is 0 Å². The van der Waals surface area contributed by atoms with Crippen LogP contribution in [0.2, 0.25) is 0 Å². The maximum atomic E-state index is 4.43. The number of pyridine rings is 1. The molecule has 1 aromatic rings. The number of nitrogens with one attached hydrogen (secondary N) is 1. The van der Waals surface area contributed by atoms with Crippen LogP contribution in [-0.4, -0.2) is 11.0 Å². The second kappa shape index (κ2) is 5.68. The predicted molar refractivity (Wildman–Crippen MR) is 74.4 cm³/mol. The third-order valence-electron chi connectivity index (χ3n) is 2.46. The molecule has 0 bridgehead atoms. The van der Waals surface area contributed by atoms with Crippen molar-refractivity contribution >= 4 is 28.4 Å². The molecule has 2 nitrogen and oxygen atoms in total. The van der Waals surface area contributed by atoms with E-state index in [0.717, 1.165) is 12.2 Å². The Morgan fingerprint density at radius 1 is 1.40 bits per heavy atom. The van der Waals surface area contributed by atoms with Crippen LogP contribution in [0.5, 0.6) is 0 Å². The third-order valence-corrected chi connectivity index (χ3v) is 3.40. The molecule has 1 aromatic heterocycles. The Kier molecular flexibility index (Phi) is 4.83. The van der Waals surface area contributed by atoms with Crippen molar-refractivity contribution in [3.63, 3.8) is 0 Å².